The van der Waals surface area contributed by atoms with Gasteiger partial charge in [0, 0.05) is 5.92 Å². The maximum atomic E-state index is 12.9. The van der Waals surface area contributed by atoms with Crippen LogP contribution in [0.5, 0.6) is 0 Å². The largest absolute Gasteiger partial charge is 0.446 e. The molecule has 0 aromatic heterocycles. The molecule has 2 atom stereocenters. The normalized spacial score (nSPS) is 13.9. The van der Waals surface area contributed by atoms with Gasteiger partial charge in [0.1, 0.15) is 11.9 Å². The van der Waals surface area contributed by atoms with Crippen LogP contribution >= 0.6 is 0 Å². The van der Waals surface area contributed by atoms with Crippen molar-refractivity contribution in [2.45, 2.75) is 45.1 Å². The number of benzene rings is 1. The molecule has 2 N–H and O–H groups in total. The van der Waals surface area contributed by atoms with Crippen LogP contribution in [0, 0.1) is 5.82 Å². The van der Waals surface area contributed by atoms with E-state index in [1.54, 1.807) is 12.1 Å². The van der Waals surface area contributed by atoms with Crippen LogP contribution in [0.25, 0.3) is 0 Å². The van der Waals surface area contributed by atoms with Crippen molar-refractivity contribution < 1.29 is 13.9 Å². The SMILES string of the molecule is CCCC[C@H](OC(N)=O)[C@@H](C)c1ccc(F)cc1. The van der Waals surface area contributed by atoms with Crippen molar-refractivity contribution in [1.29, 1.82) is 0 Å². The maximum Gasteiger partial charge on any atom is 0.404 e. The molecule has 0 fully saturated rings. The van der Waals surface area contributed by atoms with Gasteiger partial charge in [0.2, 0.25) is 0 Å². The van der Waals surface area contributed by atoms with Crippen LogP contribution in [0.4, 0.5) is 9.18 Å². The van der Waals surface area contributed by atoms with E-state index in [0.717, 1.165) is 24.8 Å². The second-order valence-corrected chi connectivity index (χ2v) is 4.46. The average Bonchev–Trinajstić information content (AvgIpc) is 2.34. The molecule has 4 heteroatoms. The van der Waals surface area contributed by atoms with Crippen molar-refractivity contribution in [2.24, 2.45) is 5.73 Å². The summed E-state index contributed by atoms with van der Waals surface area (Å²) >= 11 is 0. The first kappa shape index (κ1) is 14.5. The minimum absolute atomic E-state index is 0.00431. The fourth-order valence-corrected chi connectivity index (χ4v) is 1.95. The Kier molecular flexibility index (Phi) is 5.62. The maximum absolute atomic E-state index is 12.9. The molecule has 0 aliphatic rings. The first-order valence-electron chi connectivity index (χ1n) is 6.26. The zero-order valence-electron chi connectivity index (χ0n) is 10.9. The first-order valence-corrected chi connectivity index (χ1v) is 6.26. The van der Waals surface area contributed by atoms with Gasteiger partial charge in [-0.05, 0) is 24.1 Å². The van der Waals surface area contributed by atoms with Gasteiger partial charge in [0.15, 0.2) is 0 Å². The molecule has 0 unspecified atom stereocenters. The highest BCUT2D eigenvalue weighted by atomic mass is 19.1. The predicted molar refractivity (Wildman–Crippen MR) is 68.8 cm³/mol. The van der Waals surface area contributed by atoms with E-state index < -0.39 is 6.09 Å². The van der Waals surface area contributed by atoms with Crippen molar-refractivity contribution in [2.75, 3.05) is 0 Å². The molecule has 18 heavy (non-hydrogen) atoms. The van der Waals surface area contributed by atoms with Gasteiger partial charge < -0.3 is 10.5 Å². The van der Waals surface area contributed by atoms with E-state index in [0.29, 0.717) is 0 Å². The number of ether oxygens (including phenoxy) is 1. The van der Waals surface area contributed by atoms with Gasteiger partial charge in [0.05, 0.1) is 0 Å². The van der Waals surface area contributed by atoms with Crippen LogP contribution in [0.2, 0.25) is 0 Å². The summed E-state index contributed by atoms with van der Waals surface area (Å²) in [6, 6.07) is 6.24. The number of halogens is 1. The number of amides is 1. The van der Waals surface area contributed by atoms with E-state index >= 15 is 0 Å². The molecule has 0 radical (unpaired) electrons. The molecule has 0 bridgehead atoms. The Labute approximate surface area is 107 Å². The molecule has 0 aliphatic carbocycles. The number of carbonyl (C=O) groups excluding carboxylic acids is 1. The minimum Gasteiger partial charge on any atom is -0.446 e. The van der Waals surface area contributed by atoms with E-state index in [1.165, 1.54) is 12.1 Å². The molecule has 0 aliphatic heterocycles. The molecule has 0 saturated carbocycles. The van der Waals surface area contributed by atoms with E-state index in [4.69, 9.17) is 10.5 Å². The Morgan fingerprint density at radius 1 is 1.39 bits per heavy atom. The highest BCUT2D eigenvalue weighted by molar-refractivity contribution is 5.64. The molecular weight excluding hydrogens is 233 g/mol. The topological polar surface area (TPSA) is 52.3 Å². The quantitative estimate of drug-likeness (QED) is 0.842. The lowest BCUT2D eigenvalue weighted by molar-refractivity contribution is 0.0857. The lowest BCUT2D eigenvalue weighted by atomic mass is 9.92. The number of nitrogens with two attached hydrogens (primary N) is 1. The predicted octanol–water partition coefficient (Wildman–Crippen LogP) is 3.58. The van der Waals surface area contributed by atoms with Gasteiger partial charge >= 0.3 is 6.09 Å². The fourth-order valence-electron chi connectivity index (χ4n) is 1.95. The van der Waals surface area contributed by atoms with Gasteiger partial charge in [-0.15, -0.1) is 0 Å². The number of hydrogen-bond acceptors (Lipinski definition) is 2. The smallest absolute Gasteiger partial charge is 0.404 e. The van der Waals surface area contributed by atoms with Crippen molar-refractivity contribution in [3.05, 3.63) is 35.6 Å². The highest BCUT2D eigenvalue weighted by Gasteiger charge is 2.21. The van der Waals surface area contributed by atoms with Crippen LogP contribution < -0.4 is 5.73 Å². The lowest BCUT2D eigenvalue weighted by Crippen LogP contribution is -2.27. The van der Waals surface area contributed by atoms with Gasteiger partial charge in [-0.25, -0.2) is 9.18 Å². The number of unbranched alkanes of at least 4 members (excludes halogenated alkanes) is 1. The van der Waals surface area contributed by atoms with Crippen molar-refractivity contribution in [1.82, 2.24) is 0 Å². The summed E-state index contributed by atoms with van der Waals surface area (Å²) in [5, 5.41) is 0. The standard InChI is InChI=1S/C14H20FNO2/c1-3-4-5-13(18-14(16)17)10(2)11-6-8-12(15)9-7-11/h6-10,13H,3-5H2,1-2H3,(H2,16,17)/t10-,13-/m0/s1. The zero-order chi connectivity index (χ0) is 13.5. The molecule has 1 amide bonds. The minimum atomic E-state index is -0.759. The third-order valence-corrected chi connectivity index (χ3v) is 3.06. The molecule has 3 nitrogen and oxygen atoms in total. The van der Waals surface area contributed by atoms with Gasteiger partial charge in [-0.3, -0.25) is 0 Å². The van der Waals surface area contributed by atoms with Crippen LogP contribution in [-0.2, 0) is 4.74 Å². The molecule has 1 aromatic carbocycles. The molecular formula is C14H20FNO2. The van der Waals surface area contributed by atoms with Crippen LogP contribution in [0.3, 0.4) is 0 Å². The van der Waals surface area contributed by atoms with E-state index in [2.05, 4.69) is 6.92 Å². The summed E-state index contributed by atoms with van der Waals surface area (Å²) in [6.07, 6.45) is 1.73. The number of hydrogen-bond donors (Lipinski definition) is 1. The van der Waals surface area contributed by atoms with Crippen molar-refractivity contribution in [3.8, 4) is 0 Å². The second kappa shape index (κ2) is 6.99. The van der Waals surface area contributed by atoms with Crippen LogP contribution in [-0.4, -0.2) is 12.2 Å². The fraction of sp³-hybridized carbons (Fsp3) is 0.500. The summed E-state index contributed by atoms with van der Waals surface area (Å²) in [4.78, 5) is 10.9. The third-order valence-electron chi connectivity index (χ3n) is 3.06. The second-order valence-electron chi connectivity index (χ2n) is 4.46. The number of carbonyl (C=O) groups is 1. The van der Waals surface area contributed by atoms with Crippen LogP contribution in [0.15, 0.2) is 24.3 Å². The number of primary amides is 1. The Morgan fingerprint density at radius 3 is 2.50 bits per heavy atom. The molecule has 0 heterocycles. The molecule has 0 spiro atoms. The van der Waals surface area contributed by atoms with Gasteiger partial charge in [-0.2, -0.15) is 0 Å². The van der Waals surface area contributed by atoms with E-state index in [-0.39, 0.29) is 17.8 Å². The molecule has 0 saturated heterocycles. The van der Waals surface area contributed by atoms with Crippen molar-refractivity contribution in [3.63, 3.8) is 0 Å². The molecule has 1 rings (SSSR count). The summed E-state index contributed by atoms with van der Waals surface area (Å²) in [6.45, 7) is 4.03. The summed E-state index contributed by atoms with van der Waals surface area (Å²) in [5.74, 6) is -0.267. The monoisotopic (exact) mass is 253 g/mol. The Balaban J connectivity index is 2.76. The third kappa shape index (κ3) is 4.35. The van der Waals surface area contributed by atoms with Crippen molar-refractivity contribution >= 4 is 6.09 Å². The average molecular weight is 253 g/mol. The van der Waals surface area contributed by atoms with E-state index in [9.17, 15) is 9.18 Å². The van der Waals surface area contributed by atoms with Crippen LogP contribution in [0.1, 0.15) is 44.6 Å². The highest BCUT2D eigenvalue weighted by Crippen LogP contribution is 2.25. The Hall–Kier alpha value is -1.58. The Bertz CT molecular complexity index is 378. The summed E-state index contributed by atoms with van der Waals surface area (Å²) < 4.78 is 18.0. The summed E-state index contributed by atoms with van der Waals surface area (Å²) in [7, 11) is 0. The van der Waals surface area contributed by atoms with Gasteiger partial charge in [-0.1, -0.05) is 38.8 Å². The lowest BCUT2D eigenvalue weighted by Gasteiger charge is -2.23. The first-order chi connectivity index (χ1) is 8.54. The molecule has 1 aromatic rings. The zero-order valence-corrected chi connectivity index (χ0v) is 10.9. The number of rotatable bonds is 6. The van der Waals surface area contributed by atoms with E-state index in [1.807, 2.05) is 6.92 Å². The molecule has 100 valence electrons. The van der Waals surface area contributed by atoms with Gasteiger partial charge in [0.25, 0.3) is 0 Å². The summed E-state index contributed by atoms with van der Waals surface area (Å²) in [5.41, 5.74) is 6.03. The Morgan fingerprint density at radius 2 is 2.00 bits per heavy atom.